The molecule has 1 unspecified atom stereocenters. The first kappa shape index (κ1) is 14.4. The van der Waals surface area contributed by atoms with E-state index < -0.39 is 0 Å². The lowest BCUT2D eigenvalue weighted by molar-refractivity contribution is 0.146. The van der Waals surface area contributed by atoms with Crippen LogP contribution in [0.2, 0.25) is 0 Å². The molecule has 0 aromatic carbocycles. The Morgan fingerprint density at radius 1 is 1.26 bits per heavy atom. The third-order valence-corrected chi connectivity index (χ3v) is 4.37. The number of carbonyl (C=O) groups is 1. The van der Waals surface area contributed by atoms with E-state index in [1.165, 1.54) is 6.42 Å². The Morgan fingerprint density at radius 3 is 2.63 bits per heavy atom. The zero-order chi connectivity index (χ0) is 13.7. The number of hydrogen-bond donors (Lipinski definition) is 1. The number of carbonyl (C=O) groups excluding carboxylic acids is 1. The minimum atomic E-state index is 0.148. The number of urea groups is 1. The van der Waals surface area contributed by atoms with E-state index in [9.17, 15) is 4.79 Å². The first-order valence-electron chi connectivity index (χ1n) is 7.61. The van der Waals surface area contributed by atoms with E-state index in [4.69, 9.17) is 0 Å². The third kappa shape index (κ3) is 3.96. The number of likely N-dealkylation sites (tertiary alicyclic amines) is 2. The van der Waals surface area contributed by atoms with Gasteiger partial charge in [-0.15, -0.1) is 6.58 Å². The molecule has 1 N–H and O–H groups in total. The Kier molecular flexibility index (Phi) is 5.25. The summed E-state index contributed by atoms with van der Waals surface area (Å²) >= 11 is 0. The second kappa shape index (κ2) is 6.94. The van der Waals surface area contributed by atoms with E-state index in [1.54, 1.807) is 0 Å². The standard InChI is InChI=1S/C15H27N3O/c1-3-9-17-11-7-14(8-12-17)16-15(19)18-10-5-4-6-13(18)2/h3,13-14H,1,4-12H2,2H3,(H,16,19). The summed E-state index contributed by atoms with van der Waals surface area (Å²) in [5.41, 5.74) is 0. The number of hydrogen-bond acceptors (Lipinski definition) is 2. The van der Waals surface area contributed by atoms with Crippen molar-refractivity contribution in [1.29, 1.82) is 0 Å². The van der Waals surface area contributed by atoms with Gasteiger partial charge in [-0.25, -0.2) is 4.79 Å². The van der Waals surface area contributed by atoms with Crippen LogP contribution in [0.1, 0.15) is 39.0 Å². The van der Waals surface area contributed by atoms with E-state index in [-0.39, 0.29) is 6.03 Å². The fourth-order valence-electron chi connectivity index (χ4n) is 3.10. The van der Waals surface area contributed by atoms with Crippen molar-refractivity contribution in [2.45, 2.75) is 51.1 Å². The molecule has 2 rings (SSSR count). The second-order valence-electron chi connectivity index (χ2n) is 5.85. The summed E-state index contributed by atoms with van der Waals surface area (Å²) in [7, 11) is 0. The molecule has 4 heteroatoms. The van der Waals surface area contributed by atoms with Crippen LogP contribution in [0.4, 0.5) is 4.79 Å². The monoisotopic (exact) mass is 265 g/mol. The normalized spacial score (nSPS) is 26.2. The molecule has 19 heavy (non-hydrogen) atoms. The molecule has 0 spiro atoms. The molecule has 0 aliphatic carbocycles. The van der Waals surface area contributed by atoms with Gasteiger partial charge in [-0.3, -0.25) is 4.90 Å². The average molecular weight is 265 g/mol. The highest BCUT2D eigenvalue weighted by molar-refractivity contribution is 5.75. The molecular weight excluding hydrogens is 238 g/mol. The lowest BCUT2D eigenvalue weighted by Crippen LogP contribution is -2.52. The topological polar surface area (TPSA) is 35.6 Å². The molecule has 108 valence electrons. The van der Waals surface area contributed by atoms with Crippen molar-refractivity contribution in [1.82, 2.24) is 15.1 Å². The molecule has 2 heterocycles. The highest BCUT2D eigenvalue weighted by Crippen LogP contribution is 2.17. The summed E-state index contributed by atoms with van der Waals surface area (Å²) in [4.78, 5) is 16.7. The second-order valence-corrected chi connectivity index (χ2v) is 5.85. The van der Waals surface area contributed by atoms with Crippen molar-refractivity contribution < 1.29 is 4.79 Å². The SMILES string of the molecule is C=CCN1CCC(NC(=O)N2CCCCC2C)CC1. The van der Waals surface area contributed by atoms with E-state index >= 15 is 0 Å². The molecule has 0 bridgehead atoms. The van der Waals surface area contributed by atoms with Gasteiger partial charge < -0.3 is 10.2 Å². The predicted octanol–water partition coefficient (Wildman–Crippen LogP) is 2.22. The van der Waals surface area contributed by atoms with E-state index in [0.29, 0.717) is 12.1 Å². The Bertz CT molecular complexity index is 311. The third-order valence-electron chi connectivity index (χ3n) is 4.37. The Labute approximate surface area is 116 Å². The first-order chi connectivity index (χ1) is 9.20. The predicted molar refractivity (Wildman–Crippen MR) is 78.2 cm³/mol. The summed E-state index contributed by atoms with van der Waals surface area (Å²) in [5.74, 6) is 0. The zero-order valence-electron chi connectivity index (χ0n) is 12.1. The summed E-state index contributed by atoms with van der Waals surface area (Å²) < 4.78 is 0. The number of nitrogens with one attached hydrogen (secondary N) is 1. The molecular formula is C15H27N3O. The van der Waals surface area contributed by atoms with Crippen molar-refractivity contribution in [3.63, 3.8) is 0 Å². The summed E-state index contributed by atoms with van der Waals surface area (Å²) in [6.07, 6.45) is 7.61. The molecule has 2 amide bonds. The van der Waals surface area contributed by atoms with E-state index in [2.05, 4.69) is 23.7 Å². The van der Waals surface area contributed by atoms with Crippen molar-refractivity contribution in [3.8, 4) is 0 Å². The first-order valence-corrected chi connectivity index (χ1v) is 7.61. The molecule has 2 fully saturated rings. The van der Waals surface area contributed by atoms with Crippen LogP contribution in [0.15, 0.2) is 12.7 Å². The largest absolute Gasteiger partial charge is 0.335 e. The van der Waals surface area contributed by atoms with Crippen molar-refractivity contribution in [3.05, 3.63) is 12.7 Å². The van der Waals surface area contributed by atoms with Gasteiger partial charge in [0.05, 0.1) is 0 Å². The fraction of sp³-hybridized carbons (Fsp3) is 0.800. The van der Waals surface area contributed by atoms with Gasteiger partial charge >= 0.3 is 6.03 Å². The Hall–Kier alpha value is -1.03. The van der Waals surface area contributed by atoms with Gasteiger partial charge in [0, 0.05) is 38.3 Å². The molecule has 2 aliphatic rings. The van der Waals surface area contributed by atoms with Gasteiger partial charge in [-0.2, -0.15) is 0 Å². The van der Waals surface area contributed by atoms with Gasteiger partial charge in [0.2, 0.25) is 0 Å². The van der Waals surface area contributed by atoms with Crippen LogP contribution >= 0.6 is 0 Å². The molecule has 1 atom stereocenters. The lowest BCUT2D eigenvalue weighted by Gasteiger charge is -2.37. The molecule has 2 aliphatic heterocycles. The average Bonchev–Trinajstić information content (AvgIpc) is 2.42. The van der Waals surface area contributed by atoms with Crippen molar-refractivity contribution in [2.75, 3.05) is 26.2 Å². The lowest BCUT2D eigenvalue weighted by atomic mass is 10.0. The zero-order valence-corrected chi connectivity index (χ0v) is 12.1. The number of piperidine rings is 2. The fourth-order valence-corrected chi connectivity index (χ4v) is 3.10. The van der Waals surface area contributed by atoms with Crippen LogP contribution in [0, 0.1) is 0 Å². The Morgan fingerprint density at radius 2 is 2.00 bits per heavy atom. The highest BCUT2D eigenvalue weighted by Gasteiger charge is 2.26. The maximum atomic E-state index is 12.3. The van der Waals surface area contributed by atoms with Gasteiger partial charge in [0.1, 0.15) is 0 Å². The van der Waals surface area contributed by atoms with Gasteiger partial charge in [-0.1, -0.05) is 6.08 Å². The number of rotatable bonds is 3. The maximum absolute atomic E-state index is 12.3. The van der Waals surface area contributed by atoms with Crippen molar-refractivity contribution >= 4 is 6.03 Å². The Balaban J connectivity index is 1.75. The van der Waals surface area contributed by atoms with Crippen LogP contribution in [0.5, 0.6) is 0 Å². The van der Waals surface area contributed by atoms with Crippen molar-refractivity contribution in [2.24, 2.45) is 0 Å². The van der Waals surface area contributed by atoms with E-state index in [1.807, 2.05) is 11.0 Å². The summed E-state index contributed by atoms with van der Waals surface area (Å²) in [6.45, 7) is 9.94. The quantitative estimate of drug-likeness (QED) is 0.794. The molecule has 0 radical (unpaired) electrons. The van der Waals surface area contributed by atoms with E-state index in [0.717, 1.165) is 51.9 Å². The van der Waals surface area contributed by atoms with Crippen LogP contribution in [0.25, 0.3) is 0 Å². The molecule has 2 saturated heterocycles. The summed E-state index contributed by atoms with van der Waals surface area (Å²) in [5, 5.41) is 3.22. The smallest absolute Gasteiger partial charge is 0.317 e. The summed E-state index contributed by atoms with van der Waals surface area (Å²) in [6, 6.07) is 0.895. The molecule has 0 saturated carbocycles. The van der Waals surface area contributed by atoms with Gasteiger partial charge in [0.25, 0.3) is 0 Å². The number of nitrogens with zero attached hydrogens (tertiary/aromatic N) is 2. The molecule has 4 nitrogen and oxygen atoms in total. The molecule has 0 aromatic rings. The number of amides is 2. The molecule has 0 aromatic heterocycles. The van der Waals surface area contributed by atoms with Crippen LogP contribution in [-0.4, -0.2) is 54.1 Å². The van der Waals surface area contributed by atoms with Gasteiger partial charge in [0.15, 0.2) is 0 Å². The van der Waals surface area contributed by atoms with Crippen LogP contribution in [-0.2, 0) is 0 Å². The highest BCUT2D eigenvalue weighted by atomic mass is 16.2. The van der Waals surface area contributed by atoms with Crippen LogP contribution < -0.4 is 5.32 Å². The minimum Gasteiger partial charge on any atom is -0.335 e. The maximum Gasteiger partial charge on any atom is 0.317 e. The minimum absolute atomic E-state index is 0.148. The van der Waals surface area contributed by atoms with Crippen LogP contribution in [0.3, 0.4) is 0 Å². The van der Waals surface area contributed by atoms with Gasteiger partial charge in [-0.05, 0) is 39.0 Å².